The van der Waals surface area contributed by atoms with Crippen LogP contribution in [0.1, 0.15) is 12.0 Å². The maximum Gasteiger partial charge on any atom is 0.188 e. The molecule has 1 aromatic carbocycles. The highest BCUT2D eigenvalue weighted by Crippen LogP contribution is 1.99. The third kappa shape index (κ3) is 5.36. The lowest BCUT2D eigenvalue weighted by Crippen LogP contribution is -2.32. The van der Waals surface area contributed by atoms with E-state index in [1.54, 1.807) is 7.11 Å². The van der Waals surface area contributed by atoms with Crippen LogP contribution in [0, 0.1) is 0 Å². The van der Waals surface area contributed by atoms with E-state index in [0.717, 1.165) is 25.1 Å². The summed E-state index contributed by atoms with van der Waals surface area (Å²) in [7, 11) is 1.69. The van der Waals surface area contributed by atoms with Crippen LogP contribution in [0.15, 0.2) is 35.3 Å². The molecule has 0 aliphatic heterocycles. The highest BCUT2D eigenvalue weighted by atomic mass is 16.5. The van der Waals surface area contributed by atoms with E-state index in [9.17, 15) is 0 Å². The van der Waals surface area contributed by atoms with Gasteiger partial charge in [-0.15, -0.1) is 0 Å². The number of rotatable bonds is 6. The van der Waals surface area contributed by atoms with Gasteiger partial charge in [0.1, 0.15) is 0 Å². The zero-order valence-corrected chi connectivity index (χ0v) is 9.65. The SMILES string of the molecule is COCCCNC(N)=NCc1ccccc1. The van der Waals surface area contributed by atoms with Crippen LogP contribution in [-0.4, -0.2) is 26.2 Å². The Balaban J connectivity index is 2.23. The average Bonchev–Trinajstić information content (AvgIpc) is 2.33. The molecule has 88 valence electrons. The molecule has 0 saturated carbocycles. The predicted molar refractivity (Wildman–Crippen MR) is 66.3 cm³/mol. The van der Waals surface area contributed by atoms with Crippen molar-refractivity contribution in [2.24, 2.45) is 10.7 Å². The van der Waals surface area contributed by atoms with Crippen molar-refractivity contribution in [3.05, 3.63) is 35.9 Å². The van der Waals surface area contributed by atoms with Crippen molar-refractivity contribution in [2.75, 3.05) is 20.3 Å². The third-order valence-electron chi connectivity index (χ3n) is 2.11. The zero-order chi connectivity index (χ0) is 11.6. The number of ether oxygens (including phenoxy) is 1. The van der Waals surface area contributed by atoms with Gasteiger partial charge in [0, 0.05) is 20.3 Å². The van der Waals surface area contributed by atoms with Gasteiger partial charge < -0.3 is 15.8 Å². The Labute approximate surface area is 96.5 Å². The normalized spacial score (nSPS) is 11.4. The highest BCUT2D eigenvalue weighted by Gasteiger charge is 1.92. The Kier molecular flexibility index (Phi) is 6.03. The summed E-state index contributed by atoms with van der Waals surface area (Å²) in [4.78, 5) is 4.23. The molecule has 0 aromatic heterocycles. The van der Waals surface area contributed by atoms with Gasteiger partial charge in [-0.05, 0) is 12.0 Å². The third-order valence-corrected chi connectivity index (χ3v) is 2.11. The fourth-order valence-electron chi connectivity index (χ4n) is 1.25. The molecule has 0 saturated heterocycles. The first-order valence-electron chi connectivity index (χ1n) is 5.39. The van der Waals surface area contributed by atoms with Crippen molar-refractivity contribution < 1.29 is 4.74 Å². The van der Waals surface area contributed by atoms with Gasteiger partial charge >= 0.3 is 0 Å². The van der Waals surface area contributed by atoms with Crippen molar-refractivity contribution in [2.45, 2.75) is 13.0 Å². The fraction of sp³-hybridized carbons (Fsp3) is 0.417. The number of benzene rings is 1. The van der Waals surface area contributed by atoms with Crippen molar-refractivity contribution in [3.8, 4) is 0 Å². The molecule has 0 spiro atoms. The van der Waals surface area contributed by atoms with Crippen LogP contribution in [-0.2, 0) is 11.3 Å². The number of guanidine groups is 1. The Morgan fingerprint density at radius 2 is 2.12 bits per heavy atom. The van der Waals surface area contributed by atoms with E-state index in [1.807, 2.05) is 30.3 Å². The molecule has 0 aliphatic carbocycles. The van der Waals surface area contributed by atoms with Crippen LogP contribution >= 0.6 is 0 Å². The Morgan fingerprint density at radius 3 is 2.81 bits per heavy atom. The summed E-state index contributed by atoms with van der Waals surface area (Å²) in [6.07, 6.45) is 0.929. The van der Waals surface area contributed by atoms with Gasteiger partial charge in [-0.3, -0.25) is 0 Å². The Bertz CT molecular complexity index is 311. The monoisotopic (exact) mass is 221 g/mol. The molecule has 0 atom stereocenters. The van der Waals surface area contributed by atoms with E-state index in [1.165, 1.54) is 0 Å². The first kappa shape index (κ1) is 12.5. The molecule has 1 rings (SSSR count). The van der Waals surface area contributed by atoms with E-state index in [0.29, 0.717) is 12.5 Å². The van der Waals surface area contributed by atoms with E-state index < -0.39 is 0 Å². The van der Waals surface area contributed by atoms with Gasteiger partial charge in [-0.2, -0.15) is 0 Å². The van der Waals surface area contributed by atoms with Gasteiger partial charge in [-0.25, -0.2) is 4.99 Å². The lowest BCUT2D eigenvalue weighted by molar-refractivity contribution is 0.195. The largest absolute Gasteiger partial charge is 0.385 e. The summed E-state index contributed by atoms with van der Waals surface area (Å²) in [5.74, 6) is 0.486. The zero-order valence-electron chi connectivity index (χ0n) is 9.65. The van der Waals surface area contributed by atoms with Crippen molar-refractivity contribution in [1.82, 2.24) is 5.32 Å². The molecule has 1 aromatic rings. The summed E-state index contributed by atoms with van der Waals surface area (Å²) >= 11 is 0. The minimum Gasteiger partial charge on any atom is -0.385 e. The molecule has 0 aliphatic rings. The summed E-state index contributed by atoms with van der Waals surface area (Å²) in [6, 6.07) is 10.0. The summed E-state index contributed by atoms with van der Waals surface area (Å²) in [5.41, 5.74) is 6.86. The van der Waals surface area contributed by atoms with E-state index in [4.69, 9.17) is 10.5 Å². The smallest absolute Gasteiger partial charge is 0.188 e. The summed E-state index contributed by atoms with van der Waals surface area (Å²) < 4.78 is 4.93. The van der Waals surface area contributed by atoms with Gasteiger partial charge in [0.05, 0.1) is 6.54 Å². The lowest BCUT2D eigenvalue weighted by atomic mass is 10.2. The van der Waals surface area contributed by atoms with Gasteiger partial charge in [-0.1, -0.05) is 30.3 Å². The quantitative estimate of drug-likeness (QED) is 0.430. The number of nitrogens with one attached hydrogen (secondary N) is 1. The van der Waals surface area contributed by atoms with Crippen molar-refractivity contribution in [3.63, 3.8) is 0 Å². The maximum absolute atomic E-state index is 5.70. The number of nitrogens with zero attached hydrogens (tertiary/aromatic N) is 1. The first-order valence-corrected chi connectivity index (χ1v) is 5.39. The van der Waals surface area contributed by atoms with Gasteiger partial charge in [0.25, 0.3) is 0 Å². The fourth-order valence-corrected chi connectivity index (χ4v) is 1.25. The first-order chi connectivity index (χ1) is 7.83. The van der Waals surface area contributed by atoms with E-state index >= 15 is 0 Å². The molecule has 4 heteroatoms. The minimum atomic E-state index is 0.486. The lowest BCUT2D eigenvalue weighted by Gasteiger charge is -2.04. The Hall–Kier alpha value is -1.55. The molecule has 0 amide bonds. The second-order valence-electron chi connectivity index (χ2n) is 3.46. The summed E-state index contributed by atoms with van der Waals surface area (Å²) in [5, 5.41) is 3.04. The molecule has 0 bridgehead atoms. The number of hydrogen-bond donors (Lipinski definition) is 2. The predicted octanol–water partition coefficient (Wildman–Crippen LogP) is 1.13. The van der Waals surface area contributed by atoms with E-state index in [2.05, 4.69) is 10.3 Å². The number of nitrogens with two attached hydrogens (primary N) is 1. The van der Waals surface area contributed by atoms with Crippen LogP contribution in [0.2, 0.25) is 0 Å². The van der Waals surface area contributed by atoms with Crippen LogP contribution in [0.5, 0.6) is 0 Å². The second-order valence-corrected chi connectivity index (χ2v) is 3.46. The molecule has 0 heterocycles. The van der Waals surface area contributed by atoms with E-state index in [-0.39, 0.29) is 0 Å². The highest BCUT2D eigenvalue weighted by molar-refractivity contribution is 5.77. The van der Waals surface area contributed by atoms with Gasteiger partial charge in [0.15, 0.2) is 5.96 Å². The Morgan fingerprint density at radius 1 is 1.38 bits per heavy atom. The molecular weight excluding hydrogens is 202 g/mol. The summed E-state index contributed by atoms with van der Waals surface area (Å²) in [6.45, 7) is 2.14. The molecule has 0 radical (unpaired) electrons. The molecule has 0 fully saturated rings. The number of methoxy groups -OCH3 is 1. The second kappa shape index (κ2) is 7.70. The van der Waals surface area contributed by atoms with Crippen LogP contribution < -0.4 is 11.1 Å². The van der Waals surface area contributed by atoms with Crippen LogP contribution in [0.4, 0.5) is 0 Å². The minimum absolute atomic E-state index is 0.486. The number of aliphatic imine (C=N–C) groups is 1. The molecule has 3 N–H and O–H groups in total. The maximum atomic E-state index is 5.70. The van der Waals surface area contributed by atoms with Crippen LogP contribution in [0.3, 0.4) is 0 Å². The number of hydrogen-bond acceptors (Lipinski definition) is 2. The average molecular weight is 221 g/mol. The van der Waals surface area contributed by atoms with Crippen LogP contribution in [0.25, 0.3) is 0 Å². The molecule has 4 nitrogen and oxygen atoms in total. The molecule has 16 heavy (non-hydrogen) atoms. The molecule has 0 unspecified atom stereocenters. The standard InChI is InChI=1S/C12H19N3O/c1-16-9-5-8-14-12(13)15-10-11-6-3-2-4-7-11/h2-4,6-7H,5,8-10H2,1H3,(H3,13,14,15). The van der Waals surface area contributed by atoms with Crippen molar-refractivity contribution >= 4 is 5.96 Å². The van der Waals surface area contributed by atoms with Crippen molar-refractivity contribution in [1.29, 1.82) is 0 Å². The molecular formula is C12H19N3O. The van der Waals surface area contributed by atoms with Gasteiger partial charge in [0.2, 0.25) is 0 Å². The topological polar surface area (TPSA) is 59.6 Å².